The summed E-state index contributed by atoms with van der Waals surface area (Å²) in [5.74, 6) is 0. The van der Waals surface area contributed by atoms with Gasteiger partial charge >= 0.3 is 7.12 Å². The van der Waals surface area contributed by atoms with Crippen molar-refractivity contribution in [3.63, 3.8) is 0 Å². The van der Waals surface area contributed by atoms with E-state index in [4.69, 9.17) is 11.2 Å². The van der Waals surface area contributed by atoms with E-state index in [0.29, 0.717) is 16.7 Å². The predicted octanol–water partition coefficient (Wildman–Crippen LogP) is 1.29. The van der Waals surface area contributed by atoms with Gasteiger partial charge < -0.3 is 9.68 Å². The average Bonchev–Trinajstić information content (AvgIpc) is 2.88. The molecule has 0 saturated carbocycles. The minimum absolute atomic E-state index is 0.134. The number of benzene rings is 2. The first-order valence-corrected chi connectivity index (χ1v) is 7.66. The first kappa shape index (κ1) is 13.8. The Morgan fingerprint density at radius 3 is 2.48 bits per heavy atom. The number of nitrogens with zero attached hydrogens (tertiary/aromatic N) is 1. The van der Waals surface area contributed by atoms with Crippen LogP contribution in [0, 0.1) is 6.57 Å². The zero-order chi connectivity index (χ0) is 15.0. The van der Waals surface area contributed by atoms with Crippen molar-refractivity contribution in [2.75, 3.05) is 0 Å². The summed E-state index contributed by atoms with van der Waals surface area (Å²) >= 11 is 0. The summed E-state index contributed by atoms with van der Waals surface area (Å²) < 4.78 is 30.1. The Morgan fingerprint density at radius 1 is 1.14 bits per heavy atom. The monoisotopic (exact) mass is 299 g/mol. The van der Waals surface area contributed by atoms with Gasteiger partial charge in [0.1, 0.15) is 0 Å². The molecule has 7 heteroatoms. The van der Waals surface area contributed by atoms with Gasteiger partial charge in [-0.05, 0) is 23.2 Å². The topological polar surface area (TPSA) is 68.0 Å². The van der Waals surface area contributed by atoms with Gasteiger partial charge in [0.05, 0.1) is 23.0 Å². The minimum atomic E-state index is -3.64. The highest BCUT2D eigenvalue weighted by Gasteiger charge is 2.29. The van der Waals surface area contributed by atoms with Crippen molar-refractivity contribution < 1.29 is 18.1 Å². The number of fused-ring (bicyclic) bond motifs is 1. The van der Waals surface area contributed by atoms with Gasteiger partial charge in [-0.1, -0.05) is 30.3 Å². The second-order valence-corrected chi connectivity index (χ2v) is 6.58. The molecule has 0 atom stereocenters. The summed E-state index contributed by atoms with van der Waals surface area (Å²) in [5.41, 5.74) is 1.65. The Labute approximate surface area is 122 Å². The SMILES string of the molecule is [C-]#[N+]c1ccc(S(=O)(=O)c2ccc3c(c2)COB3O)cc1. The second kappa shape index (κ2) is 5.00. The molecule has 104 valence electrons. The van der Waals surface area contributed by atoms with E-state index in [0.717, 1.165) is 0 Å². The van der Waals surface area contributed by atoms with Crippen LogP contribution >= 0.6 is 0 Å². The van der Waals surface area contributed by atoms with Gasteiger partial charge in [-0.15, -0.1) is 0 Å². The van der Waals surface area contributed by atoms with Crippen LogP contribution in [0.1, 0.15) is 5.56 Å². The van der Waals surface area contributed by atoms with E-state index in [1.54, 1.807) is 6.07 Å². The van der Waals surface area contributed by atoms with Gasteiger partial charge in [-0.2, -0.15) is 0 Å². The molecule has 3 rings (SSSR count). The summed E-state index contributed by atoms with van der Waals surface area (Å²) in [6.07, 6.45) is 0. The van der Waals surface area contributed by atoms with Crippen LogP contribution in [0.25, 0.3) is 4.85 Å². The van der Waals surface area contributed by atoms with E-state index < -0.39 is 17.0 Å². The third-order valence-corrected chi connectivity index (χ3v) is 5.13. The van der Waals surface area contributed by atoms with E-state index in [9.17, 15) is 13.4 Å². The lowest BCUT2D eigenvalue weighted by molar-refractivity contribution is 0.275. The lowest BCUT2D eigenvalue weighted by atomic mass is 9.80. The zero-order valence-corrected chi connectivity index (χ0v) is 11.7. The lowest BCUT2D eigenvalue weighted by Gasteiger charge is -2.06. The maximum atomic E-state index is 12.5. The molecule has 0 unspecified atom stereocenters. The zero-order valence-electron chi connectivity index (χ0n) is 10.9. The number of rotatable bonds is 2. The molecular weight excluding hydrogens is 289 g/mol. The molecule has 0 bridgehead atoms. The summed E-state index contributed by atoms with van der Waals surface area (Å²) in [5, 5.41) is 9.55. The summed E-state index contributed by atoms with van der Waals surface area (Å²) in [6, 6.07) is 10.3. The molecule has 5 nitrogen and oxygen atoms in total. The Kier molecular flexibility index (Phi) is 3.30. The minimum Gasteiger partial charge on any atom is -0.423 e. The maximum Gasteiger partial charge on any atom is 0.491 e. The van der Waals surface area contributed by atoms with Gasteiger partial charge in [0.25, 0.3) is 0 Å². The average molecular weight is 299 g/mol. The van der Waals surface area contributed by atoms with Gasteiger partial charge in [0.15, 0.2) is 5.69 Å². The molecule has 21 heavy (non-hydrogen) atoms. The summed E-state index contributed by atoms with van der Waals surface area (Å²) in [7, 11) is -4.63. The second-order valence-electron chi connectivity index (χ2n) is 4.63. The summed E-state index contributed by atoms with van der Waals surface area (Å²) in [4.78, 5) is 3.51. The molecule has 2 aromatic carbocycles. The maximum absolute atomic E-state index is 12.5. The highest BCUT2D eigenvalue weighted by molar-refractivity contribution is 7.91. The van der Waals surface area contributed by atoms with Gasteiger partial charge in [-0.25, -0.2) is 13.3 Å². The third-order valence-electron chi connectivity index (χ3n) is 3.36. The fourth-order valence-corrected chi connectivity index (χ4v) is 3.52. The van der Waals surface area contributed by atoms with Crippen molar-refractivity contribution >= 4 is 28.1 Å². The molecule has 0 spiro atoms. The molecule has 0 fully saturated rings. The van der Waals surface area contributed by atoms with Crippen LogP contribution in [-0.4, -0.2) is 20.6 Å². The van der Waals surface area contributed by atoms with Crippen LogP contribution in [0.3, 0.4) is 0 Å². The molecule has 0 aliphatic carbocycles. The lowest BCUT2D eigenvalue weighted by Crippen LogP contribution is -2.28. The molecule has 0 aromatic heterocycles. The Balaban J connectivity index is 2.04. The van der Waals surface area contributed by atoms with Crippen molar-refractivity contribution in [2.45, 2.75) is 16.4 Å². The number of hydrogen-bond donors (Lipinski definition) is 1. The van der Waals surface area contributed by atoms with E-state index in [1.807, 2.05) is 0 Å². The largest absolute Gasteiger partial charge is 0.491 e. The third kappa shape index (κ3) is 2.34. The fraction of sp³-hybridized carbons (Fsp3) is 0.0714. The van der Waals surface area contributed by atoms with Gasteiger partial charge in [-0.3, -0.25) is 0 Å². The Morgan fingerprint density at radius 2 is 1.81 bits per heavy atom. The van der Waals surface area contributed by atoms with E-state index in [2.05, 4.69) is 4.85 Å². The van der Waals surface area contributed by atoms with Crippen LogP contribution in [0.4, 0.5) is 5.69 Å². The normalized spacial score (nSPS) is 13.8. The summed E-state index contributed by atoms with van der Waals surface area (Å²) in [6.45, 7) is 7.07. The van der Waals surface area contributed by atoms with E-state index >= 15 is 0 Å². The van der Waals surface area contributed by atoms with Gasteiger partial charge in [0, 0.05) is 0 Å². The molecule has 1 N–H and O–H groups in total. The van der Waals surface area contributed by atoms with E-state index in [1.165, 1.54) is 36.4 Å². The highest BCUT2D eigenvalue weighted by Crippen LogP contribution is 2.24. The molecule has 1 heterocycles. The van der Waals surface area contributed by atoms with Crippen molar-refractivity contribution in [2.24, 2.45) is 0 Å². The number of hydrogen-bond acceptors (Lipinski definition) is 4. The highest BCUT2D eigenvalue weighted by atomic mass is 32.2. The van der Waals surface area contributed by atoms with Crippen molar-refractivity contribution in [3.05, 3.63) is 59.4 Å². The van der Waals surface area contributed by atoms with Crippen LogP contribution < -0.4 is 5.46 Å². The molecule has 1 aliphatic rings. The molecule has 0 amide bonds. The standard InChI is InChI=1S/C14H10BNO4S/c1-16-11-2-4-12(5-3-11)21(18,19)13-6-7-14-10(8-13)9-20-15(14)17/h2-8,17H,9H2. The molecular formula is C14H10BNO4S. The fourth-order valence-electron chi connectivity index (χ4n) is 2.21. The molecule has 0 saturated heterocycles. The predicted molar refractivity (Wildman–Crippen MR) is 77.0 cm³/mol. The molecule has 1 aliphatic heterocycles. The quantitative estimate of drug-likeness (QED) is 0.670. The van der Waals surface area contributed by atoms with Crippen LogP contribution in [0.2, 0.25) is 0 Å². The first-order chi connectivity index (χ1) is 10.0. The van der Waals surface area contributed by atoms with Crippen molar-refractivity contribution in [1.29, 1.82) is 0 Å². The van der Waals surface area contributed by atoms with Crippen LogP contribution in [0.5, 0.6) is 0 Å². The molecule has 0 radical (unpaired) electrons. The Hall–Kier alpha value is -2.14. The first-order valence-electron chi connectivity index (χ1n) is 6.17. The smallest absolute Gasteiger partial charge is 0.423 e. The van der Waals surface area contributed by atoms with Crippen LogP contribution in [-0.2, 0) is 21.1 Å². The van der Waals surface area contributed by atoms with Gasteiger partial charge in [0.2, 0.25) is 9.84 Å². The van der Waals surface area contributed by atoms with Crippen molar-refractivity contribution in [3.8, 4) is 0 Å². The number of sulfone groups is 1. The van der Waals surface area contributed by atoms with E-state index in [-0.39, 0.29) is 16.4 Å². The van der Waals surface area contributed by atoms with Crippen molar-refractivity contribution in [1.82, 2.24) is 0 Å². The van der Waals surface area contributed by atoms with Crippen LogP contribution in [0.15, 0.2) is 52.3 Å². The Bertz CT molecular complexity index is 840. The molecule has 2 aromatic rings.